The average molecular weight is 316 g/mol. The number of aromatic nitrogens is 1. The Morgan fingerprint density at radius 1 is 1.22 bits per heavy atom. The van der Waals surface area contributed by atoms with E-state index in [0.717, 1.165) is 30.7 Å². The first-order valence-electron chi connectivity index (χ1n) is 8.77. The SMILES string of the molecule is CNC(=O)c1ccc(N2CCC(N3CCC(C)C3)CC2)c(C)n1. The Kier molecular flexibility index (Phi) is 4.85. The Labute approximate surface area is 139 Å². The molecular formula is C18H28N4O. The van der Waals surface area contributed by atoms with Crippen molar-refractivity contribution in [2.75, 3.05) is 38.1 Å². The fraction of sp³-hybridized carbons (Fsp3) is 0.667. The van der Waals surface area contributed by atoms with E-state index in [0.29, 0.717) is 5.69 Å². The van der Waals surface area contributed by atoms with Crippen LogP contribution < -0.4 is 10.2 Å². The minimum absolute atomic E-state index is 0.124. The van der Waals surface area contributed by atoms with Crippen LogP contribution in [0.5, 0.6) is 0 Å². The fourth-order valence-corrected chi connectivity index (χ4v) is 3.92. The molecule has 5 heteroatoms. The molecule has 5 nitrogen and oxygen atoms in total. The highest BCUT2D eigenvalue weighted by Gasteiger charge is 2.29. The summed E-state index contributed by atoms with van der Waals surface area (Å²) in [4.78, 5) is 21.2. The standard InChI is InChI=1S/C18H28N4O/c1-13-6-9-22(12-13)15-7-10-21(11-8-15)17-5-4-16(18(23)19-3)20-14(17)2/h4-5,13,15H,6-12H2,1-3H3,(H,19,23). The first-order chi connectivity index (χ1) is 11.1. The van der Waals surface area contributed by atoms with Crippen molar-refractivity contribution in [2.45, 2.75) is 39.2 Å². The summed E-state index contributed by atoms with van der Waals surface area (Å²) in [5.74, 6) is 0.734. The van der Waals surface area contributed by atoms with Gasteiger partial charge < -0.3 is 10.2 Å². The zero-order valence-corrected chi connectivity index (χ0v) is 14.5. The van der Waals surface area contributed by atoms with Gasteiger partial charge in [-0.25, -0.2) is 4.98 Å². The highest BCUT2D eigenvalue weighted by molar-refractivity contribution is 5.92. The van der Waals surface area contributed by atoms with Crippen molar-refractivity contribution in [3.63, 3.8) is 0 Å². The van der Waals surface area contributed by atoms with E-state index in [2.05, 4.69) is 27.0 Å². The van der Waals surface area contributed by atoms with Crippen LogP contribution in [0.3, 0.4) is 0 Å². The van der Waals surface area contributed by atoms with Gasteiger partial charge in [-0.3, -0.25) is 9.69 Å². The van der Waals surface area contributed by atoms with Crippen LogP contribution in [0.4, 0.5) is 5.69 Å². The number of hydrogen-bond acceptors (Lipinski definition) is 4. The van der Waals surface area contributed by atoms with E-state index in [9.17, 15) is 4.79 Å². The number of nitrogens with one attached hydrogen (secondary N) is 1. The van der Waals surface area contributed by atoms with Crippen LogP contribution in [0.2, 0.25) is 0 Å². The third-order valence-electron chi connectivity index (χ3n) is 5.29. The van der Waals surface area contributed by atoms with Crippen LogP contribution in [0.25, 0.3) is 0 Å². The van der Waals surface area contributed by atoms with Gasteiger partial charge in [0.05, 0.1) is 11.4 Å². The Balaban J connectivity index is 1.62. The highest BCUT2D eigenvalue weighted by Crippen LogP contribution is 2.27. The van der Waals surface area contributed by atoms with Crippen molar-refractivity contribution in [1.82, 2.24) is 15.2 Å². The zero-order chi connectivity index (χ0) is 16.4. The number of likely N-dealkylation sites (tertiary alicyclic amines) is 1. The quantitative estimate of drug-likeness (QED) is 0.927. The molecule has 1 atom stereocenters. The number of rotatable bonds is 3. The van der Waals surface area contributed by atoms with Gasteiger partial charge in [-0.2, -0.15) is 0 Å². The summed E-state index contributed by atoms with van der Waals surface area (Å²) in [7, 11) is 1.64. The number of anilines is 1. The molecule has 0 spiro atoms. The molecule has 0 radical (unpaired) electrons. The summed E-state index contributed by atoms with van der Waals surface area (Å²) in [6, 6.07) is 4.62. The highest BCUT2D eigenvalue weighted by atomic mass is 16.1. The number of aryl methyl sites for hydroxylation is 1. The van der Waals surface area contributed by atoms with Gasteiger partial charge in [0.1, 0.15) is 5.69 Å². The number of amides is 1. The maximum Gasteiger partial charge on any atom is 0.269 e. The lowest BCUT2D eigenvalue weighted by molar-refractivity contribution is 0.0958. The molecule has 2 aliphatic heterocycles. The van der Waals surface area contributed by atoms with Crippen LogP contribution in [-0.4, -0.2) is 55.1 Å². The summed E-state index contributed by atoms with van der Waals surface area (Å²) in [6.07, 6.45) is 3.80. The second-order valence-electron chi connectivity index (χ2n) is 6.99. The second kappa shape index (κ2) is 6.87. The molecule has 1 amide bonds. The van der Waals surface area contributed by atoms with Crippen molar-refractivity contribution < 1.29 is 4.79 Å². The number of hydrogen-bond donors (Lipinski definition) is 1. The predicted octanol–water partition coefficient (Wildman–Crippen LogP) is 2.06. The largest absolute Gasteiger partial charge is 0.370 e. The predicted molar refractivity (Wildman–Crippen MR) is 93.0 cm³/mol. The molecule has 0 bridgehead atoms. The number of carbonyl (C=O) groups excluding carboxylic acids is 1. The van der Waals surface area contributed by atoms with E-state index in [1.165, 1.54) is 38.0 Å². The minimum Gasteiger partial charge on any atom is -0.370 e. The van der Waals surface area contributed by atoms with Crippen molar-refractivity contribution in [3.05, 3.63) is 23.5 Å². The van der Waals surface area contributed by atoms with Crippen molar-refractivity contribution in [3.8, 4) is 0 Å². The number of carbonyl (C=O) groups is 1. The summed E-state index contributed by atoms with van der Waals surface area (Å²) in [5, 5.41) is 2.63. The molecule has 126 valence electrons. The number of pyridine rings is 1. The summed E-state index contributed by atoms with van der Waals surface area (Å²) in [6.45, 7) is 9.06. The lowest BCUT2D eigenvalue weighted by atomic mass is 10.0. The van der Waals surface area contributed by atoms with E-state index < -0.39 is 0 Å². The molecule has 2 saturated heterocycles. The van der Waals surface area contributed by atoms with Gasteiger partial charge in [0.2, 0.25) is 0 Å². The molecule has 0 aliphatic carbocycles. The Morgan fingerprint density at radius 2 is 1.96 bits per heavy atom. The van der Waals surface area contributed by atoms with E-state index in [-0.39, 0.29) is 5.91 Å². The molecule has 0 saturated carbocycles. The fourth-order valence-electron chi connectivity index (χ4n) is 3.92. The van der Waals surface area contributed by atoms with Crippen LogP contribution in [0.15, 0.2) is 12.1 Å². The van der Waals surface area contributed by atoms with Gasteiger partial charge in [-0.1, -0.05) is 6.92 Å². The molecule has 1 aromatic rings. The first kappa shape index (κ1) is 16.2. The Morgan fingerprint density at radius 3 is 2.52 bits per heavy atom. The van der Waals surface area contributed by atoms with Crippen molar-refractivity contribution >= 4 is 11.6 Å². The summed E-state index contributed by atoms with van der Waals surface area (Å²) in [5.41, 5.74) is 2.61. The molecule has 1 unspecified atom stereocenters. The Hall–Kier alpha value is -1.62. The lowest BCUT2D eigenvalue weighted by Gasteiger charge is -2.38. The van der Waals surface area contributed by atoms with E-state index in [1.54, 1.807) is 7.05 Å². The van der Waals surface area contributed by atoms with E-state index >= 15 is 0 Å². The topological polar surface area (TPSA) is 48.5 Å². The van der Waals surface area contributed by atoms with Crippen LogP contribution in [0, 0.1) is 12.8 Å². The number of piperidine rings is 1. The minimum atomic E-state index is -0.124. The molecule has 2 fully saturated rings. The molecular weight excluding hydrogens is 288 g/mol. The zero-order valence-electron chi connectivity index (χ0n) is 14.5. The van der Waals surface area contributed by atoms with Crippen LogP contribution in [0.1, 0.15) is 42.4 Å². The summed E-state index contributed by atoms with van der Waals surface area (Å²) < 4.78 is 0. The van der Waals surface area contributed by atoms with Crippen LogP contribution >= 0.6 is 0 Å². The monoisotopic (exact) mass is 316 g/mol. The molecule has 1 N–H and O–H groups in total. The average Bonchev–Trinajstić information content (AvgIpc) is 3.00. The maximum atomic E-state index is 11.7. The third kappa shape index (κ3) is 3.50. The van der Waals surface area contributed by atoms with Gasteiger partial charge >= 0.3 is 0 Å². The molecule has 2 aliphatic rings. The maximum absolute atomic E-state index is 11.7. The van der Waals surface area contributed by atoms with Gasteiger partial charge in [-0.05, 0) is 50.8 Å². The van der Waals surface area contributed by atoms with Crippen LogP contribution in [-0.2, 0) is 0 Å². The van der Waals surface area contributed by atoms with Gasteiger partial charge in [0.15, 0.2) is 0 Å². The smallest absolute Gasteiger partial charge is 0.269 e. The molecule has 3 rings (SSSR count). The van der Waals surface area contributed by atoms with E-state index in [4.69, 9.17) is 0 Å². The number of nitrogens with zero attached hydrogens (tertiary/aromatic N) is 3. The van der Waals surface area contributed by atoms with Crippen molar-refractivity contribution in [1.29, 1.82) is 0 Å². The van der Waals surface area contributed by atoms with Gasteiger partial charge in [0.25, 0.3) is 5.91 Å². The van der Waals surface area contributed by atoms with Gasteiger partial charge in [-0.15, -0.1) is 0 Å². The summed E-state index contributed by atoms with van der Waals surface area (Å²) >= 11 is 0. The molecule has 3 heterocycles. The first-order valence-corrected chi connectivity index (χ1v) is 8.77. The third-order valence-corrected chi connectivity index (χ3v) is 5.29. The van der Waals surface area contributed by atoms with E-state index in [1.807, 2.05) is 19.1 Å². The molecule has 23 heavy (non-hydrogen) atoms. The Bertz CT molecular complexity index is 566. The van der Waals surface area contributed by atoms with Crippen molar-refractivity contribution in [2.24, 2.45) is 5.92 Å². The normalized spacial score (nSPS) is 23.3. The van der Waals surface area contributed by atoms with Gasteiger partial charge in [0, 0.05) is 32.7 Å². The molecule has 0 aromatic carbocycles. The second-order valence-corrected chi connectivity index (χ2v) is 6.99. The molecule has 1 aromatic heterocycles. The lowest BCUT2D eigenvalue weighted by Crippen LogP contribution is -2.44.